The highest BCUT2D eigenvalue weighted by Gasteiger charge is 2.63. The van der Waals surface area contributed by atoms with Crippen molar-refractivity contribution >= 4 is 27.9 Å². The Labute approximate surface area is 163 Å². The summed E-state index contributed by atoms with van der Waals surface area (Å²) in [6.45, 7) is 5.72. The van der Waals surface area contributed by atoms with Gasteiger partial charge in [-0.05, 0) is 67.7 Å². The van der Waals surface area contributed by atoms with E-state index >= 15 is 0 Å². The van der Waals surface area contributed by atoms with E-state index < -0.39 is 37.6 Å². The Hall–Kier alpha value is -2.07. The standard InChI is InChI=1S/C18H26FN5O3S/c1-16(2)14(23-15(25)26)24-17(3,13-10(19)4-5-12(20)22-13)11-8-18(6-7-18)9-21-28(11,16)27/h4-5,11,28H,6-9H2,1-3H3,(H2,20,22)(H,21,27)(H,23,24)(H,25,26)/t11-,17-/m0/s1. The van der Waals surface area contributed by atoms with Crippen molar-refractivity contribution in [1.82, 2.24) is 15.0 Å². The third-order valence-electron chi connectivity index (χ3n) is 6.69. The third kappa shape index (κ3) is 2.57. The average Bonchev–Trinajstić information content (AvgIpc) is 3.36. The topological polar surface area (TPSA) is 130 Å². The van der Waals surface area contributed by atoms with Crippen LogP contribution < -0.4 is 15.8 Å². The number of fused-ring (bicyclic) bond motifs is 1. The van der Waals surface area contributed by atoms with E-state index in [1.54, 1.807) is 20.8 Å². The van der Waals surface area contributed by atoms with Gasteiger partial charge in [0.25, 0.3) is 0 Å². The lowest BCUT2D eigenvalue weighted by molar-refractivity contribution is 0.199. The van der Waals surface area contributed by atoms with Crippen molar-refractivity contribution in [2.24, 2.45) is 10.4 Å². The summed E-state index contributed by atoms with van der Waals surface area (Å²) in [5.74, 6) is -0.424. The van der Waals surface area contributed by atoms with Gasteiger partial charge < -0.3 is 10.8 Å². The molecule has 1 aromatic heterocycles. The summed E-state index contributed by atoms with van der Waals surface area (Å²) >= 11 is 0. The van der Waals surface area contributed by atoms with Crippen LogP contribution >= 0.6 is 0 Å². The fourth-order valence-electron chi connectivity index (χ4n) is 4.61. The quantitative estimate of drug-likeness (QED) is 0.448. The minimum atomic E-state index is -3.25. The number of hydrogen-bond donors (Lipinski definition) is 5. The molecule has 0 unspecified atom stereocenters. The van der Waals surface area contributed by atoms with E-state index in [0.717, 1.165) is 12.8 Å². The smallest absolute Gasteiger partial charge is 0.410 e. The van der Waals surface area contributed by atoms with Crippen molar-refractivity contribution in [1.29, 1.82) is 0 Å². The molecule has 1 saturated heterocycles. The zero-order valence-electron chi connectivity index (χ0n) is 16.1. The molecular weight excluding hydrogens is 385 g/mol. The monoisotopic (exact) mass is 411 g/mol. The molecule has 10 heteroatoms. The lowest BCUT2D eigenvalue weighted by Gasteiger charge is -2.57. The van der Waals surface area contributed by atoms with Crippen LogP contribution in [0.2, 0.25) is 0 Å². The molecule has 1 saturated carbocycles. The maximum Gasteiger partial charge on any atom is 0.410 e. The van der Waals surface area contributed by atoms with Crippen molar-refractivity contribution < 1.29 is 18.5 Å². The number of aliphatic imine (C=N–C) groups is 1. The van der Waals surface area contributed by atoms with Crippen molar-refractivity contribution in [3.63, 3.8) is 0 Å². The highest BCUT2D eigenvalue weighted by molar-refractivity contribution is 8.04. The summed E-state index contributed by atoms with van der Waals surface area (Å²) in [6, 6.07) is 2.58. The summed E-state index contributed by atoms with van der Waals surface area (Å²) < 4.78 is 31.4. The first-order valence-electron chi connectivity index (χ1n) is 9.31. The molecular formula is C18H26FN5O3S. The van der Waals surface area contributed by atoms with Crippen LogP contribution in [-0.4, -0.2) is 42.8 Å². The first kappa shape index (κ1) is 19.3. The van der Waals surface area contributed by atoms with E-state index in [1.165, 1.54) is 12.1 Å². The number of pyridine rings is 1. The normalized spacial score (nSPS) is 32.7. The summed E-state index contributed by atoms with van der Waals surface area (Å²) in [6.07, 6.45) is 1.35. The number of carboxylic acid groups (broad SMARTS) is 1. The number of carbonyl (C=O) groups is 1. The molecule has 0 aromatic carbocycles. The molecule has 2 atom stereocenters. The second kappa shape index (κ2) is 5.73. The first-order chi connectivity index (χ1) is 12.9. The number of nitrogens with one attached hydrogen (secondary N) is 2. The number of halogens is 1. The van der Waals surface area contributed by atoms with Gasteiger partial charge in [0.2, 0.25) is 0 Å². The zero-order chi connectivity index (χ0) is 20.5. The van der Waals surface area contributed by atoms with Gasteiger partial charge in [-0.15, -0.1) is 0 Å². The Kier molecular flexibility index (Phi) is 3.94. The van der Waals surface area contributed by atoms with Gasteiger partial charge in [0.1, 0.15) is 28.7 Å². The molecule has 154 valence electrons. The predicted molar refractivity (Wildman–Crippen MR) is 106 cm³/mol. The maximum absolute atomic E-state index is 14.8. The molecule has 1 amide bonds. The minimum Gasteiger partial charge on any atom is -0.465 e. The molecule has 1 spiro atoms. The van der Waals surface area contributed by atoms with Crippen molar-refractivity contribution in [2.45, 2.75) is 55.6 Å². The SMILES string of the molecule is CC1(C)C(NC(=O)O)=N[C@](C)(c2nc(N)ccc2F)[C@@H]2CC3(CC3)CN[SH]21=O. The Morgan fingerprint density at radius 3 is 2.68 bits per heavy atom. The van der Waals surface area contributed by atoms with Crippen LogP contribution in [-0.2, 0) is 15.7 Å². The largest absolute Gasteiger partial charge is 0.465 e. The van der Waals surface area contributed by atoms with Crippen LogP contribution in [0.3, 0.4) is 0 Å². The van der Waals surface area contributed by atoms with E-state index in [-0.39, 0.29) is 22.8 Å². The molecule has 2 fully saturated rings. The Bertz CT molecular complexity index is 945. The second-order valence-electron chi connectivity index (χ2n) is 8.88. The Morgan fingerprint density at radius 2 is 2.07 bits per heavy atom. The third-order valence-corrected chi connectivity index (χ3v) is 10.8. The molecule has 1 aliphatic carbocycles. The summed E-state index contributed by atoms with van der Waals surface area (Å²) in [4.78, 5) is 20.2. The van der Waals surface area contributed by atoms with Crippen LogP contribution in [0.5, 0.6) is 0 Å². The van der Waals surface area contributed by atoms with Crippen LogP contribution in [0.15, 0.2) is 17.1 Å². The van der Waals surface area contributed by atoms with E-state index in [4.69, 9.17) is 5.73 Å². The van der Waals surface area contributed by atoms with Gasteiger partial charge in [-0.1, -0.05) is 0 Å². The molecule has 28 heavy (non-hydrogen) atoms. The molecule has 1 aromatic rings. The predicted octanol–water partition coefficient (Wildman–Crippen LogP) is 1.55. The number of hydrogen-bond acceptors (Lipinski definition) is 5. The highest BCUT2D eigenvalue weighted by atomic mass is 32.3. The van der Waals surface area contributed by atoms with Crippen molar-refractivity contribution in [3.05, 3.63) is 23.6 Å². The molecule has 3 heterocycles. The Morgan fingerprint density at radius 1 is 1.39 bits per heavy atom. The zero-order valence-corrected chi connectivity index (χ0v) is 17.0. The van der Waals surface area contributed by atoms with Crippen molar-refractivity contribution in [2.75, 3.05) is 12.3 Å². The number of aromatic nitrogens is 1. The summed E-state index contributed by atoms with van der Waals surface area (Å²) in [5, 5.41) is 11.1. The van der Waals surface area contributed by atoms with Crippen LogP contribution in [0.25, 0.3) is 0 Å². The van der Waals surface area contributed by atoms with Gasteiger partial charge in [0, 0.05) is 6.54 Å². The van der Waals surface area contributed by atoms with Crippen LogP contribution in [0.4, 0.5) is 15.0 Å². The number of amides is 1. The first-order valence-corrected chi connectivity index (χ1v) is 11.1. The Balaban J connectivity index is 1.97. The maximum atomic E-state index is 14.8. The minimum absolute atomic E-state index is 0.00239. The van der Waals surface area contributed by atoms with Gasteiger partial charge in [-0.2, -0.15) is 0 Å². The van der Waals surface area contributed by atoms with Gasteiger partial charge in [-0.3, -0.25) is 19.2 Å². The van der Waals surface area contributed by atoms with Crippen molar-refractivity contribution in [3.8, 4) is 0 Å². The fourth-order valence-corrected chi connectivity index (χ4v) is 8.53. The van der Waals surface area contributed by atoms with Gasteiger partial charge in [-0.25, -0.2) is 14.2 Å². The number of nitrogen functional groups attached to an aromatic ring is 1. The highest BCUT2D eigenvalue weighted by Crippen LogP contribution is 2.59. The number of amidine groups is 1. The number of thiol groups is 1. The van der Waals surface area contributed by atoms with E-state index in [0.29, 0.717) is 13.0 Å². The van der Waals surface area contributed by atoms with E-state index in [2.05, 4.69) is 20.0 Å². The molecule has 0 bridgehead atoms. The lowest BCUT2D eigenvalue weighted by atomic mass is 9.84. The molecule has 5 N–H and O–H groups in total. The number of rotatable bonds is 1. The second-order valence-corrected chi connectivity index (χ2v) is 12.3. The summed E-state index contributed by atoms with van der Waals surface area (Å²) in [5.41, 5.74) is 4.53. The molecule has 2 aliphatic heterocycles. The number of nitrogens with zero attached hydrogens (tertiary/aromatic N) is 2. The fraction of sp³-hybridized carbons (Fsp3) is 0.611. The van der Waals surface area contributed by atoms with Crippen LogP contribution in [0.1, 0.15) is 45.7 Å². The number of anilines is 1. The van der Waals surface area contributed by atoms with Gasteiger partial charge in [0.15, 0.2) is 0 Å². The molecule has 3 aliphatic rings. The molecule has 0 radical (unpaired) electrons. The van der Waals surface area contributed by atoms with Gasteiger partial charge >= 0.3 is 6.09 Å². The van der Waals surface area contributed by atoms with E-state index in [1.807, 2.05) is 0 Å². The molecule has 8 nitrogen and oxygen atoms in total. The average molecular weight is 412 g/mol. The van der Waals surface area contributed by atoms with Crippen LogP contribution in [0, 0.1) is 11.2 Å². The van der Waals surface area contributed by atoms with Gasteiger partial charge in [0.05, 0.1) is 10.00 Å². The lowest BCUT2D eigenvalue weighted by Crippen LogP contribution is -2.71. The summed E-state index contributed by atoms with van der Waals surface area (Å²) in [7, 11) is -3.25. The van der Waals surface area contributed by atoms with E-state index in [9.17, 15) is 18.5 Å². The molecule has 4 rings (SSSR count). The number of nitrogens with two attached hydrogens (primary N) is 1.